The van der Waals surface area contributed by atoms with Crippen LogP contribution in [0.2, 0.25) is 0 Å². The molecule has 1 heterocycles. The highest BCUT2D eigenvalue weighted by Gasteiger charge is 2.39. The Hall–Kier alpha value is -0.770. The van der Waals surface area contributed by atoms with Crippen LogP contribution in [-0.4, -0.2) is 40.4 Å². The predicted molar refractivity (Wildman–Crippen MR) is 62.2 cm³/mol. The molecule has 1 saturated heterocycles. The summed E-state index contributed by atoms with van der Waals surface area (Å²) in [6.07, 6.45) is -0.0995. The number of aliphatic hydroxyl groups is 1. The van der Waals surface area contributed by atoms with Gasteiger partial charge in [-0.25, -0.2) is 4.79 Å². The molecule has 0 bridgehead atoms. The summed E-state index contributed by atoms with van der Waals surface area (Å²) in [5.74, 6) is 0.241. The molecule has 0 radical (unpaired) electrons. The van der Waals surface area contributed by atoms with Crippen LogP contribution in [0.1, 0.15) is 41.0 Å². The molecule has 1 aliphatic heterocycles. The van der Waals surface area contributed by atoms with Crippen molar-refractivity contribution < 1.29 is 14.6 Å². The van der Waals surface area contributed by atoms with Crippen LogP contribution >= 0.6 is 0 Å². The number of aliphatic hydroxyl groups excluding tert-OH is 1. The summed E-state index contributed by atoms with van der Waals surface area (Å²) in [7, 11) is 0. The highest BCUT2D eigenvalue weighted by Crippen LogP contribution is 2.26. The van der Waals surface area contributed by atoms with Crippen molar-refractivity contribution >= 4 is 6.09 Å². The first-order valence-electron chi connectivity index (χ1n) is 5.90. The lowest BCUT2D eigenvalue weighted by atomic mass is 10.00. The van der Waals surface area contributed by atoms with Gasteiger partial charge in [0.25, 0.3) is 0 Å². The van der Waals surface area contributed by atoms with Crippen molar-refractivity contribution in [1.29, 1.82) is 0 Å². The van der Waals surface area contributed by atoms with Crippen molar-refractivity contribution in [3.63, 3.8) is 0 Å². The molecule has 0 aliphatic carbocycles. The van der Waals surface area contributed by atoms with Gasteiger partial charge in [-0.05, 0) is 33.1 Å². The van der Waals surface area contributed by atoms with Crippen molar-refractivity contribution in [2.24, 2.45) is 5.92 Å². The molecule has 0 spiro atoms. The molecule has 0 aromatic rings. The number of carbonyl (C=O) groups is 1. The van der Waals surface area contributed by atoms with Gasteiger partial charge in [-0.1, -0.05) is 13.8 Å². The Morgan fingerprint density at radius 3 is 2.44 bits per heavy atom. The van der Waals surface area contributed by atoms with Crippen molar-refractivity contribution in [3.05, 3.63) is 0 Å². The van der Waals surface area contributed by atoms with E-state index in [2.05, 4.69) is 0 Å². The predicted octanol–water partition coefficient (Wildman–Crippen LogP) is 2.01. The van der Waals surface area contributed by atoms with Gasteiger partial charge in [-0.3, -0.25) is 0 Å². The summed E-state index contributed by atoms with van der Waals surface area (Å²) in [4.78, 5) is 13.6. The third-order valence-corrected chi connectivity index (χ3v) is 2.73. The smallest absolute Gasteiger partial charge is 0.410 e. The topological polar surface area (TPSA) is 49.8 Å². The zero-order valence-electron chi connectivity index (χ0n) is 10.9. The van der Waals surface area contributed by atoms with Crippen molar-refractivity contribution in [2.45, 2.75) is 58.8 Å². The van der Waals surface area contributed by atoms with Crippen LogP contribution in [0.4, 0.5) is 4.79 Å². The fraction of sp³-hybridized carbons (Fsp3) is 0.917. The van der Waals surface area contributed by atoms with Gasteiger partial charge in [0.05, 0.1) is 12.1 Å². The van der Waals surface area contributed by atoms with Crippen LogP contribution < -0.4 is 0 Å². The Labute approximate surface area is 97.6 Å². The molecule has 0 aromatic carbocycles. The molecule has 1 N–H and O–H groups in total. The third-order valence-electron chi connectivity index (χ3n) is 2.73. The molecule has 0 saturated carbocycles. The number of hydrogen-bond acceptors (Lipinski definition) is 3. The van der Waals surface area contributed by atoms with E-state index in [0.29, 0.717) is 13.0 Å². The first-order valence-corrected chi connectivity index (χ1v) is 5.90. The average molecular weight is 229 g/mol. The molecule has 4 heteroatoms. The zero-order valence-corrected chi connectivity index (χ0v) is 10.9. The second-order valence-corrected chi connectivity index (χ2v) is 5.76. The van der Waals surface area contributed by atoms with E-state index in [-0.39, 0.29) is 18.1 Å². The monoisotopic (exact) mass is 229 g/mol. The minimum absolute atomic E-state index is 0.116. The molecule has 1 rings (SSSR count). The summed E-state index contributed by atoms with van der Waals surface area (Å²) >= 11 is 0. The van der Waals surface area contributed by atoms with Crippen LogP contribution in [0.25, 0.3) is 0 Å². The molecular weight excluding hydrogens is 206 g/mol. The molecule has 16 heavy (non-hydrogen) atoms. The van der Waals surface area contributed by atoms with Crippen LogP contribution in [0.5, 0.6) is 0 Å². The number of nitrogens with zero attached hydrogens (tertiary/aromatic N) is 1. The number of rotatable bonds is 1. The summed E-state index contributed by atoms with van der Waals surface area (Å²) in [6.45, 7) is 10.2. The van der Waals surface area contributed by atoms with Crippen LogP contribution in [0, 0.1) is 5.92 Å². The van der Waals surface area contributed by atoms with Gasteiger partial charge >= 0.3 is 6.09 Å². The fourth-order valence-electron chi connectivity index (χ4n) is 2.14. The Balaban J connectivity index is 2.69. The van der Waals surface area contributed by atoms with Crippen LogP contribution in [0.3, 0.4) is 0 Å². The molecule has 94 valence electrons. The second kappa shape index (κ2) is 4.62. The van der Waals surface area contributed by atoms with E-state index in [4.69, 9.17) is 4.74 Å². The highest BCUT2D eigenvalue weighted by molar-refractivity contribution is 5.69. The molecular formula is C12H23NO3. The quantitative estimate of drug-likeness (QED) is 0.748. The van der Waals surface area contributed by atoms with Gasteiger partial charge in [0.15, 0.2) is 0 Å². The third kappa shape index (κ3) is 3.11. The van der Waals surface area contributed by atoms with E-state index >= 15 is 0 Å². The second-order valence-electron chi connectivity index (χ2n) is 5.76. The number of ether oxygens (including phenoxy) is 1. The van der Waals surface area contributed by atoms with E-state index in [1.165, 1.54) is 0 Å². The summed E-state index contributed by atoms with van der Waals surface area (Å²) < 4.78 is 5.33. The minimum atomic E-state index is -0.480. The molecule has 1 amide bonds. The van der Waals surface area contributed by atoms with E-state index < -0.39 is 11.7 Å². The number of likely N-dealkylation sites (tertiary alicyclic amines) is 1. The molecule has 4 nitrogen and oxygen atoms in total. The van der Waals surface area contributed by atoms with E-state index in [0.717, 1.165) is 0 Å². The Kier molecular flexibility index (Phi) is 3.84. The van der Waals surface area contributed by atoms with E-state index in [1.54, 1.807) is 4.90 Å². The molecule has 0 aromatic heterocycles. The molecule has 2 atom stereocenters. The summed E-state index contributed by atoms with van der Waals surface area (Å²) in [5.41, 5.74) is -0.480. The Bertz CT molecular complexity index is 257. The fourth-order valence-corrected chi connectivity index (χ4v) is 2.14. The van der Waals surface area contributed by atoms with Crippen LogP contribution in [0.15, 0.2) is 0 Å². The Morgan fingerprint density at radius 1 is 1.44 bits per heavy atom. The summed E-state index contributed by atoms with van der Waals surface area (Å²) in [5, 5.41) is 9.83. The van der Waals surface area contributed by atoms with Gasteiger partial charge in [-0.15, -0.1) is 0 Å². The van der Waals surface area contributed by atoms with E-state index in [1.807, 2.05) is 34.6 Å². The molecule has 1 aliphatic rings. The van der Waals surface area contributed by atoms with Crippen molar-refractivity contribution in [2.75, 3.05) is 6.54 Å². The molecule has 0 unspecified atom stereocenters. The number of hydrogen-bond donors (Lipinski definition) is 1. The zero-order chi connectivity index (χ0) is 12.5. The average Bonchev–Trinajstić information content (AvgIpc) is 2.43. The maximum absolute atomic E-state index is 11.9. The lowest BCUT2D eigenvalue weighted by molar-refractivity contribution is 0.00892. The number of carbonyl (C=O) groups excluding carboxylic acids is 1. The maximum Gasteiger partial charge on any atom is 0.410 e. The van der Waals surface area contributed by atoms with Gasteiger partial charge in [-0.2, -0.15) is 0 Å². The van der Waals surface area contributed by atoms with Crippen molar-refractivity contribution in [3.8, 4) is 0 Å². The SMILES string of the molecule is CC(C)[C@@H]1[C@H](O)CCN1C(=O)OC(C)(C)C. The van der Waals surface area contributed by atoms with Gasteiger partial charge in [0.2, 0.25) is 0 Å². The van der Waals surface area contributed by atoms with Crippen molar-refractivity contribution in [1.82, 2.24) is 4.90 Å². The highest BCUT2D eigenvalue weighted by atomic mass is 16.6. The molecule has 1 fully saturated rings. The normalized spacial score (nSPS) is 26.3. The largest absolute Gasteiger partial charge is 0.444 e. The lowest BCUT2D eigenvalue weighted by Crippen LogP contribution is -2.45. The first-order chi connectivity index (χ1) is 7.22. The van der Waals surface area contributed by atoms with Crippen LogP contribution in [-0.2, 0) is 4.74 Å². The van der Waals surface area contributed by atoms with Gasteiger partial charge in [0, 0.05) is 6.54 Å². The Morgan fingerprint density at radius 2 is 2.00 bits per heavy atom. The summed E-state index contributed by atoms with van der Waals surface area (Å²) in [6, 6.07) is -0.116. The minimum Gasteiger partial charge on any atom is -0.444 e. The van der Waals surface area contributed by atoms with Gasteiger partial charge < -0.3 is 14.7 Å². The standard InChI is InChI=1S/C12H23NO3/c1-8(2)10-9(14)6-7-13(10)11(15)16-12(3,4)5/h8-10,14H,6-7H2,1-5H3/t9-,10-/m1/s1. The first kappa shape index (κ1) is 13.3. The van der Waals surface area contributed by atoms with E-state index in [9.17, 15) is 9.90 Å². The van der Waals surface area contributed by atoms with Gasteiger partial charge in [0.1, 0.15) is 5.60 Å². The lowest BCUT2D eigenvalue weighted by Gasteiger charge is -2.31. The maximum atomic E-state index is 11.9. The number of amides is 1.